The lowest BCUT2D eigenvalue weighted by atomic mass is 9.74. The fraction of sp³-hybridized carbons (Fsp3) is 0.462. The van der Waals surface area contributed by atoms with E-state index in [9.17, 15) is 18.4 Å². The van der Waals surface area contributed by atoms with E-state index in [4.69, 9.17) is 5.73 Å². The van der Waals surface area contributed by atoms with Crippen LogP contribution >= 0.6 is 0 Å². The number of nitrogens with zero attached hydrogens (tertiary/aromatic N) is 1. The highest BCUT2D eigenvalue weighted by molar-refractivity contribution is 5.55. The van der Waals surface area contributed by atoms with Gasteiger partial charge < -0.3 is 5.73 Å². The molecule has 1 unspecified atom stereocenters. The average molecular weight is 256 g/mol. The summed E-state index contributed by atoms with van der Waals surface area (Å²) in [5.74, 6) is -0.0541. The maximum Gasteiger partial charge on any atom is 0.416 e. The average Bonchev–Trinajstić information content (AvgIpc) is 2.26. The van der Waals surface area contributed by atoms with Gasteiger partial charge in [-0.15, -0.1) is 0 Å². The van der Waals surface area contributed by atoms with Crippen LogP contribution in [0.25, 0.3) is 0 Å². The van der Waals surface area contributed by atoms with Crippen molar-refractivity contribution in [2.24, 2.45) is 5.92 Å². The molecule has 0 saturated carbocycles. The van der Waals surface area contributed by atoms with Crippen molar-refractivity contribution in [2.45, 2.75) is 32.4 Å². The Hall–Kier alpha value is -1.70. The molecule has 1 aromatic rings. The van der Waals surface area contributed by atoms with Crippen molar-refractivity contribution in [3.63, 3.8) is 0 Å². The van der Waals surface area contributed by atoms with E-state index < -0.39 is 17.2 Å². The largest absolute Gasteiger partial charge is 0.416 e. The Kier molecular flexibility index (Phi) is 3.61. The van der Waals surface area contributed by atoms with Crippen LogP contribution in [0.15, 0.2) is 18.2 Å². The molecule has 0 amide bonds. The Morgan fingerprint density at radius 3 is 2.17 bits per heavy atom. The number of nitrogen functional groups attached to an aromatic ring is 1. The van der Waals surface area contributed by atoms with Crippen molar-refractivity contribution in [3.8, 4) is 6.07 Å². The molecule has 1 atom stereocenters. The van der Waals surface area contributed by atoms with Gasteiger partial charge in [-0.1, -0.05) is 19.9 Å². The molecule has 0 fully saturated rings. The topological polar surface area (TPSA) is 49.8 Å². The third-order valence-electron chi connectivity index (χ3n) is 3.33. The van der Waals surface area contributed by atoms with Gasteiger partial charge in [-0.3, -0.25) is 0 Å². The van der Waals surface area contributed by atoms with E-state index in [0.29, 0.717) is 5.56 Å². The maximum atomic E-state index is 12.5. The molecule has 98 valence electrons. The third kappa shape index (κ3) is 2.42. The van der Waals surface area contributed by atoms with Crippen LogP contribution in [0.2, 0.25) is 0 Å². The fourth-order valence-corrected chi connectivity index (χ4v) is 1.71. The first kappa shape index (κ1) is 14.4. The number of alkyl halides is 3. The van der Waals surface area contributed by atoms with Crippen molar-refractivity contribution in [1.29, 1.82) is 5.26 Å². The molecule has 0 heterocycles. The van der Waals surface area contributed by atoms with Gasteiger partial charge in [-0.05, 0) is 30.5 Å². The van der Waals surface area contributed by atoms with Gasteiger partial charge in [0, 0.05) is 5.69 Å². The molecule has 0 aliphatic heterocycles. The van der Waals surface area contributed by atoms with Gasteiger partial charge >= 0.3 is 6.18 Å². The van der Waals surface area contributed by atoms with Crippen LogP contribution in [-0.2, 0) is 11.6 Å². The molecule has 0 bridgehead atoms. The molecule has 0 spiro atoms. The van der Waals surface area contributed by atoms with E-state index in [1.54, 1.807) is 6.92 Å². The van der Waals surface area contributed by atoms with Crippen LogP contribution in [0.3, 0.4) is 0 Å². The quantitative estimate of drug-likeness (QED) is 0.820. The molecule has 2 nitrogen and oxygen atoms in total. The van der Waals surface area contributed by atoms with Gasteiger partial charge in [0.05, 0.1) is 17.0 Å². The van der Waals surface area contributed by atoms with Crippen molar-refractivity contribution in [1.82, 2.24) is 0 Å². The SMILES string of the molecule is CC(C)C(C)(C#N)c1ccc(C(F)(F)F)cc1N. The summed E-state index contributed by atoms with van der Waals surface area (Å²) >= 11 is 0. The lowest BCUT2D eigenvalue weighted by Crippen LogP contribution is -2.28. The monoisotopic (exact) mass is 256 g/mol. The van der Waals surface area contributed by atoms with Gasteiger partial charge in [0.25, 0.3) is 0 Å². The zero-order chi connectivity index (χ0) is 14.1. The number of halogens is 3. The maximum absolute atomic E-state index is 12.5. The van der Waals surface area contributed by atoms with Gasteiger partial charge in [-0.25, -0.2) is 0 Å². The van der Waals surface area contributed by atoms with Crippen molar-refractivity contribution in [2.75, 3.05) is 5.73 Å². The minimum atomic E-state index is -4.42. The zero-order valence-electron chi connectivity index (χ0n) is 10.5. The summed E-state index contributed by atoms with van der Waals surface area (Å²) in [6.07, 6.45) is -4.42. The second kappa shape index (κ2) is 4.52. The summed E-state index contributed by atoms with van der Waals surface area (Å²) in [4.78, 5) is 0. The summed E-state index contributed by atoms with van der Waals surface area (Å²) in [6.45, 7) is 5.34. The number of nitrogens with two attached hydrogens (primary N) is 1. The summed E-state index contributed by atoms with van der Waals surface area (Å²) in [6, 6.07) is 5.27. The Bertz CT molecular complexity index is 486. The molecule has 0 aromatic heterocycles. The highest BCUT2D eigenvalue weighted by Gasteiger charge is 2.35. The van der Waals surface area contributed by atoms with E-state index in [1.807, 2.05) is 13.8 Å². The van der Waals surface area contributed by atoms with Gasteiger partial charge in [0.15, 0.2) is 0 Å². The van der Waals surface area contributed by atoms with Crippen molar-refractivity contribution in [3.05, 3.63) is 29.3 Å². The highest BCUT2D eigenvalue weighted by Crippen LogP contribution is 2.38. The number of benzene rings is 1. The smallest absolute Gasteiger partial charge is 0.398 e. The van der Waals surface area contributed by atoms with E-state index in [2.05, 4.69) is 6.07 Å². The minimum Gasteiger partial charge on any atom is -0.398 e. The predicted octanol–water partition coefficient (Wildman–Crippen LogP) is 3.72. The van der Waals surface area contributed by atoms with E-state index in [0.717, 1.165) is 12.1 Å². The molecule has 18 heavy (non-hydrogen) atoms. The number of hydrogen-bond donors (Lipinski definition) is 1. The standard InChI is InChI=1S/C13H15F3N2/c1-8(2)12(3,7-17)10-5-4-9(6-11(10)18)13(14,15)16/h4-6,8H,18H2,1-3H3. The molecule has 5 heteroatoms. The molecule has 0 radical (unpaired) electrons. The van der Waals surface area contributed by atoms with Gasteiger partial charge in [0.1, 0.15) is 0 Å². The van der Waals surface area contributed by atoms with Crippen LogP contribution in [0.4, 0.5) is 18.9 Å². The van der Waals surface area contributed by atoms with Crippen LogP contribution < -0.4 is 5.73 Å². The number of hydrogen-bond acceptors (Lipinski definition) is 2. The van der Waals surface area contributed by atoms with Crippen molar-refractivity contribution < 1.29 is 13.2 Å². The zero-order valence-corrected chi connectivity index (χ0v) is 10.5. The lowest BCUT2D eigenvalue weighted by Gasteiger charge is -2.28. The number of nitriles is 1. The van der Waals surface area contributed by atoms with Crippen LogP contribution in [0, 0.1) is 17.2 Å². The summed E-state index contributed by atoms with van der Waals surface area (Å²) in [7, 11) is 0. The summed E-state index contributed by atoms with van der Waals surface area (Å²) in [5, 5.41) is 9.23. The van der Waals surface area contributed by atoms with Crippen LogP contribution in [0.1, 0.15) is 31.9 Å². The Labute approximate surface area is 104 Å². The molecular weight excluding hydrogens is 241 g/mol. The summed E-state index contributed by atoms with van der Waals surface area (Å²) < 4.78 is 37.5. The van der Waals surface area contributed by atoms with Gasteiger partial charge in [-0.2, -0.15) is 18.4 Å². The molecule has 1 rings (SSSR count). The lowest BCUT2D eigenvalue weighted by molar-refractivity contribution is -0.137. The van der Waals surface area contributed by atoms with Crippen LogP contribution in [-0.4, -0.2) is 0 Å². The molecular formula is C13H15F3N2. The second-order valence-electron chi connectivity index (χ2n) is 4.77. The fourth-order valence-electron chi connectivity index (χ4n) is 1.71. The molecule has 0 saturated heterocycles. The van der Waals surface area contributed by atoms with Gasteiger partial charge in [0.2, 0.25) is 0 Å². The first-order valence-electron chi connectivity index (χ1n) is 5.51. The molecule has 1 aromatic carbocycles. The normalized spacial score (nSPS) is 15.2. The van der Waals surface area contributed by atoms with E-state index in [1.165, 1.54) is 6.07 Å². The van der Waals surface area contributed by atoms with E-state index in [-0.39, 0.29) is 11.6 Å². The Morgan fingerprint density at radius 1 is 1.28 bits per heavy atom. The number of anilines is 1. The molecule has 0 aliphatic carbocycles. The second-order valence-corrected chi connectivity index (χ2v) is 4.77. The highest BCUT2D eigenvalue weighted by atomic mass is 19.4. The minimum absolute atomic E-state index is 0.00238. The first-order valence-corrected chi connectivity index (χ1v) is 5.51. The summed E-state index contributed by atoms with van der Waals surface area (Å²) in [5.41, 5.74) is 4.41. The third-order valence-corrected chi connectivity index (χ3v) is 3.33. The number of rotatable bonds is 2. The molecule has 2 N–H and O–H groups in total. The van der Waals surface area contributed by atoms with Crippen LogP contribution in [0.5, 0.6) is 0 Å². The Balaban J connectivity index is 3.35. The van der Waals surface area contributed by atoms with Crippen molar-refractivity contribution >= 4 is 5.69 Å². The molecule has 0 aliphatic rings. The predicted molar refractivity (Wildman–Crippen MR) is 63.7 cm³/mol. The first-order chi connectivity index (χ1) is 8.13. The Morgan fingerprint density at radius 2 is 1.83 bits per heavy atom. The van der Waals surface area contributed by atoms with E-state index >= 15 is 0 Å².